The van der Waals surface area contributed by atoms with Gasteiger partial charge < -0.3 is 5.32 Å². The van der Waals surface area contributed by atoms with E-state index in [2.05, 4.69) is 24.4 Å². The van der Waals surface area contributed by atoms with Gasteiger partial charge >= 0.3 is 0 Å². The molecule has 1 saturated heterocycles. The van der Waals surface area contributed by atoms with Crippen LogP contribution in [0.5, 0.6) is 0 Å². The minimum Gasteiger partial charge on any atom is -0.322 e. The molecule has 0 aliphatic carbocycles. The van der Waals surface area contributed by atoms with Gasteiger partial charge in [-0.15, -0.1) is 11.8 Å². The zero-order valence-corrected chi connectivity index (χ0v) is 17.9. The van der Waals surface area contributed by atoms with Crippen LogP contribution in [-0.4, -0.2) is 17.6 Å². The highest BCUT2D eigenvalue weighted by molar-refractivity contribution is 8.00. The molecule has 3 aromatic carbocycles. The Kier molecular flexibility index (Phi) is 5.91. The van der Waals surface area contributed by atoms with E-state index in [1.54, 1.807) is 11.8 Å². The Morgan fingerprint density at radius 3 is 2.57 bits per heavy atom. The van der Waals surface area contributed by atoms with Crippen LogP contribution in [0.1, 0.15) is 39.3 Å². The standard InChI is InChI=1S/C25H24N2O2S/c1-3-18-8-6-9-21(15-18)27-23(28)16-30-25(27)19-11-13-20(14-12-19)26-24(29)22-10-5-4-7-17(22)2/h4-15,25H,3,16H2,1-2H3,(H,26,29). The van der Waals surface area contributed by atoms with Crippen LogP contribution in [-0.2, 0) is 11.2 Å². The maximum atomic E-state index is 12.6. The van der Waals surface area contributed by atoms with Crippen LogP contribution in [0, 0.1) is 6.92 Å². The predicted molar refractivity (Wildman–Crippen MR) is 124 cm³/mol. The summed E-state index contributed by atoms with van der Waals surface area (Å²) in [5.41, 5.74) is 5.54. The number of thioether (sulfide) groups is 1. The molecule has 152 valence electrons. The number of nitrogens with zero attached hydrogens (tertiary/aromatic N) is 1. The second kappa shape index (κ2) is 8.76. The van der Waals surface area contributed by atoms with Crippen molar-refractivity contribution in [1.29, 1.82) is 0 Å². The first-order valence-electron chi connectivity index (χ1n) is 10.1. The second-order valence-electron chi connectivity index (χ2n) is 7.34. The van der Waals surface area contributed by atoms with Crippen molar-refractivity contribution < 1.29 is 9.59 Å². The van der Waals surface area contributed by atoms with Gasteiger partial charge in [-0.1, -0.05) is 49.4 Å². The fraction of sp³-hybridized carbons (Fsp3) is 0.200. The van der Waals surface area contributed by atoms with Crippen LogP contribution in [0.3, 0.4) is 0 Å². The number of benzene rings is 3. The average molecular weight is 417 g/mol. The van der Waals surface area contributed by atoms with Crippen molar-refractivity contribution in [2.75, 3.05) is 16.0 Å². The summed E-state index contributed by atoms with van der Waals surface area (Å²) in [7, 11) is 0. The van der Waals surface area contributed by atoms with Crippen molar-refractivity contribution in [2.45, 2.75) is 25.6 Å². The highest BCUT2D eigenvalue weighted by Crippen LogP contribution is 2.42. The van der Waals surface area contributed by atoms with E-state index in [1.165, 1.54) is 5.56 Å². The number of hydrogen-bond acceptors (Lipinski definition) is 3. The number of carbonyl (C=O) groups is 2. The van der Waals surface area contributed by atoms with E-state index in [0.717, 1.165) is 28.9 Å². The van der Waals surface area contributed by atoms with Gasteiger partial charge in [0.25, 0.3) is 5.91 Å². The molecule has 0 radical (unpaired) electrons. The molecule has 1 aliphatic heterocycles. The lowest BCUT2D eigenvalue weighted by atomic mass is 10.1. The van der Waals surface area contributed by atoms with Crippen LogP contribution in [0.4, 0.5) is 11.4 Å². The Morgan fingerprint density at radius 2 is 1.83 bits per heavy atom. The van der Waals surface area contributed by atoms with Crippen molar-refractivity contribution in [1.82, 2.24) is 0 Å². The normalized spacial score (nSPS) is 16.0. The molecule has 3 aromatic rings. The molecule has 1 aliphatic rings. The number of aryl methyl sites for hydroxylation is 2. The fourth-order valence-corrected chi connectivity index (χ4v) is 4.81. The van der Waals surface area contributed by atoms with Gasteiger partial charge in [0.2, 0.25) is 5.91 Å². The van der Waals surface area contributed by atoms with Gasteiger partial charge in [0.15, 0.2) is 0 Å². The lowest BCUT2D eigenvalue weighted by Crippen LogP contribution is -2.27. The van der Waals surface area contributed by atoms with E-state index in [1.807, 2.05) is 72.5 Å². The predicted octanol–water partition coefficient (Wildman–Crippen LogP) is 5.59. The molecule has 5 heteroatoms. The van der Waals surface area contributed by atoms with Crippen molar-refractivity contribution in [3.63, 3.8) is 0 Å². The molecule has 2 amide bonds. The van der Waals surface area contributed by atoms with Crippen molar-refractivity contribution in [3.8, 4) is 0 Å². The Bertz CT molecular complexity index is 1080. The molecule has 4 rings (SSSR count). The van der Waals surface area contributed by atoms with Crippen molar-refractivity contribution in [2.24, 2.45) is 0 Å². The minimum absolute atomic E-state index is 0.0641. The number of anilines is 2. The SMILES string of the molecule is CCc1cccc(N2C(=O)CSC2c2ccc(NC(=O)c3ccccc3C)cc2)c1. The van der Waals surface area contributed by atoms with Gasteiger partial charge in [-0.3, -0.25) is 14.5 Å². The molecule has 30 heavy (non-hydrogen) atoms. The third kappa shape index (κ3) is 4.12. The Balaban J connectivity index is 1.53. The van der Waals surface area contributed by atoms with Gasteiger partial charge in [0.1, 0.15) is 5.37 Å². The molecule has 1 unspecified atom stereocenters. The summed E-state index contributed by atoms with van der Waals surface area (Å²) in [6, 6.07) is 23.5. The fourth-order valence-electron chi connectivity index (χ4n) is 3.63. The zero-order valence-electron chi connectivity index (χ0n) is 17.1. The summed E-state index contributed by atoms with van der Waals surface area (Å²) in [5.74, 6) is 0.465. The Morgan fingerprint density at radius 1 is 1.07 bits per heavy atom. The van der Waals surface area contributed by atoms with Gasteiger partial charge in [-0.2, -0.15) is 0 Å². The summed E-state index contributed by atoms with van der Waals surface area (Å²) in [6.45, 7) is 4.04. The number of carbonyl (C=O) groups excluding carboxylic acids is 2. The molecule has 0 saturated carbocycles. The monoisotopic (exact) mass is 416 g/mol. The van der Waals surface area contributed by atoms with Gasteiger partial charge in [0.05, 0.1) is 5.75 Å². The Labute approximate surface area is 181 Å². The molecule has 0 bridgehead atoms. The van der Waals surface area contributed by atoms with Crippen LogP contribution in [0.2, 0.25) is 0 Å². The summed E-state index contributed by atoms with van der Waals surface area (Å²) in [5, 5.41) is 2.89. The Hall–Kier alpha value is -3.05. The number of rotatable bonds is 5. The van der Waals surface area contributed by atoms with E-state index in [-0.39, 0.29) is 17.2 Å². The highest BCUT2D eigenvalue weighted by Gasteiger charge is 2.34. The first-order valence-corrected chi connectivity index (χ1v) is 11.1. The smallest absolute Gasteiger partial charge is 0.255 e. The molecular weight excluding hydrogens is 392 g/mol. The summed E-state index contributed by atoms with van der Waals surface area (Å²) >= 11 is 1.63. The van der Waals surface area contributed by atoms with Crippen LogP contribution >= 0.6 is 11.8 Å². The van der Waals surface area contributed by atoms with Crippen molar-refractivity contribution in [3.05, 3.63) is 95.1 Å². The van der Waals surface area contributed by atoms with Crippen LogP contribution in [0.15, 0.2) is 72.8 Å². The van der Waals surface area contributed by atoms with Crippen molar-refractivity contribution >= 4 is 35.0 Å². The zero-order chi connectivity index (χ0) is 21.1. The molecule has 1 atom stereocenters. The molecule has 0 spiro atoms. The first kappa shape index (κ1) is 20.2. The van der Waals surface area contributed by atoms with E-state index >= 15 is 0 Å². The van der Waals surface area contributed by atoms with Gasteiger partial charge in [-0.05, 0) is 60.4 Å². The quantitative estimate of drug-likeness (QED) is 0.590. The third-order valence-corrected chi connectivity index (χ3v) is 6.52. The molecule has 1 fully saturated rings. The highest BCUT2D eigenvalue weighted by atomic mass is 32.2. The molecular formula is C25H24N2O2S. The molecule has 1 N–H and O–H groups in total. The van der Waals surface area contributed by atoms with E-state index < -0.39 is 0 Å². The topological polar surface area (TPSA) is 49.4 Å². The van der Waals surface area contributed by atoms with Gasteiger partial charge in [-0.25, -0.2) is 0 Å². The molecule has 4 nitrogen and oxygen atoms in total. The van der Waals surface area contributed by atoms with Crippen LogP contribution in [0.25, 0.3) is 0 Å². The maximum Gasteiger partial charge on any atom is 0.255 e. The van der Waals surface area contributed by atoms with E-state index in [4.69, 9.17) is 0 Å². The lowest BCUT2D eigenvalue weighted by molar-refractivity contribution is -0.115. The largest absolute Gasteiger partial charge is 0.322 e. The van der Waals surface area contributed by atoms with E-state index in [9.17, 15) is 9.59 Å². The van der Waals surface area contributed by atoms with Gasteiger partial charge in [0, 0.05) is 16.9 Å². The maximum absolute atomic E-state index is 12.6. The second-order valence-corrected chi connectivity index (χ2v) is 8.41. The number of hydrogen-bond donors (Lipinski definition) is 1. The molecule has 1 heterocycles. The number of nitrogens with one attached hydrogen (secondary N) is 1. The van der Waals surface area contributed by atoms with Crippen LogP contribution < -0.4 is 10.2 Å². The third-order valence-electron chi connectivity index (χ3n) is 5.31. The summed E-state index contributed by atoms with van der Waals surface area (Å²) < 4.78 is 0. The number of amides is 2. The average Bonchev–Trinajstić information content (AvgIpc) is 3.16. The minimum atomic E-state index is -0.121. The van der Waals surface area contributed by atoms with E-state index in [0.29, 0.717) is 11.3 Å². The summed E-state index contributed by atoms with van der Waals surface area (Å²) in [6.07, 6.45) is 0.933. The molecule has 0 aromatic heterocycles. The lowest BCUT2D eigenvalue weighted by Gasteiger charge is -2.25. The first-order chi connectivity index (χ1) is 14.6. The summed E-state index contributed by atoms with van der Waals surface area (Å²) in [4.78, 5) is 27.0.